The average molecular weight is 190 g/mol. The lowest BCUT2D eigenvalue weighted by atomic mass is 10.5. The molecule has 0 unspecified atom stereocenters. The first kappa shape index (κ1) is 10.9. The molecule has 0 fully saturated rings. The van der Waals surface area contributed by atoms with E-state index in [1.165, 1.54) is 0 Å². The van der Waals surface area contributed by atoms with Gasteiger partial charge in [-0.15, -0.1) is 0 Å². The fourth-order valence-corrected chi connectivity index (χ4v) is 0.980. The molecule has 11 heavy (non-hydrogen) atoms. The van der Waals surface area contributed by atoms with Crippen LogP contribution in [0.3, 0.4) is 0 Å². The molecule has 0 radical (unpaired) electrons. The molecule has 0 aliphatic heterocycles. The first-order valence-corrected chi connectivity index (χ1v) is 4.39. The van der Waals surface area contributed by atoms with Crippen LogP contribution in [0, 0.1) is 0 Å². The molecule has 0 rings (SSSR count). The Morgan fingerprint density at radius 3 is 2.36 bits per heavy atom. The molecule has 0 spiro atoms. The van der Waals surface area contributed by atoms with E-state index in [9.17, 15) is 0 Å². The summed E-state index contributed by atoms with van der Waals surface area (Å²) in [7, 11) is 3.91. The highest BCUT2D eigenvalue weighted by molar-refractivity contribution is 7.81. The van der Waals surface area contributed by atoms with Crippen molar-refractivity contribution in [3.63, 3.8) is 0 Å². The maximum Gasteiger partial charge on any atom is 0.0965 e. The highest BCUT2D eigenvalue weighted by Crippen LogP contribution is 1.89. The summed E-state index contributed by atoms with van der Waals surface area (Å²) in [5, 5.41) is 0. The molecule has 4 heteroatoms. The van der Waals surface area contributed by atoms with E-state index >= 15 is 0 Å². The van der Waals surface area contributed by atoms with Crippen molar-refractivity contribution < 1.29 is 0 Å². The van der Waals surface area contributed by atoms with Gasteiger partial charge in [-0.1, -0.05) is 31.4 Å². The Morgan fingerprint density at radius 2 is 2.00 bits per heavy atom. The van der Waals surface area contributed by atoms with E-state index in [0.29, 0.717) is 0 Å². The van der Waals surface area contributed by atoms with Crippen LogP contribution in [0.15, 0.2) is 0 Å². The molecule has 0 bridgehead atoms. The molecule has 0 saturated heterocycles. The largest absolute Gasteiger partial charge is 0.335 e. The van der Waals surface area contributed by atoms with Crippen molar-refractivity contribution in [1.82, 2.24) is 9.80 Å². The van der Waals surface area contributed by atoms with Crippen LogP contribution >= 0.6 is 24.4 Å². The van der Waals surface area contributed by atoms with Crippen molar-refractivity contribution in [2.24, 2.45) is 0 Å². The Kier molecular flexibility index (Phi) is 5.54. The van der Waals surface area contributed by atoms with Crippen LogP contribution < -0.4 is 0 Å². The Morgan fingerprint density at radius 1 is 1.45 bits per heavy atom. The van der Waals surface area contributed by atoms with E-state index in [1.54, 1.807) is 10.4 Å². The summed E-state index contributed by atoms with van der Waals surface area (Å²) in [6.45, 7) is 3.90. The molecule has 2 nitrogen and oxygen atoms in total. The molecule has 0 aliphatic rings. The first-order valence-electron chi connectivity index (χ1n) is 3.51. The topological polar surface area (TPSA) is 6.48 Å². The Hall–Kier alpha value is -0.0600. The highest BCUT2D eigenvalue weighted by atomic mass is 32.1. The number of hydrogen-bond donors (Lipinski definition) is 0. The first-order chi connectivity index (χ1) is 5.11. The van der Waals surface area contributed by atoms with Gasteiger partial charge in [0.25, 0.3) is 0 Å². The Labute approximate surface area is 79.2 Å². The van der Waals surface area contributed by atoms with Gasteiger partial charge in [-0.3, -0.25) is 0 Å². The standard InChI is InChI=1S/C7H14N2S2/c1-4-8(2)5-7(11)9(3)6-10/h6H,4-5H2,1-3H3. The van der Waals surface area contributed by atoms with Gasteiger partial charge in [0.1, 0.15) is 0 Å². The van der Waals surface area contributed by atoms with Gasteiger partial charge in [0, 0.05) is 13.6 Å². The maximum absolute atomic E-state index is 5.10. The zero-order valence-corrected chi connectivity index (χ0v) is 8.84. The molecule has 0 aromatic heterocycles. The zero-order valence-electron chi connectivity index (χ0n) is 7.20. The van der Waals surface area contributed by atoms with Crippen molar-refractivity contribution in [2.75, 3.05) is 27.2 Å². The predicted molar refractivity (Wildman–Crippen MR) is 57.2 cm³/mol. The summed E-state index contributed by atoms with van der Waals surface area (Å²) in [5.74, 6) is 0. The van der Waals surface area contributed by atoms with Crippen molar-refractivity contribution in [3.05, 3.63) is 0 Å². The quantitative estimate of drug-likeness (QED) is 0.613. The third kappa shape index (κ3) is 4.40. The van der Waals surface area contributed by atoms with Gasteiger partial charge in [-0.2, -0.15) is 0 Å². The van der Waals surface area contributed by atoms with Gasteiger partial charge in [0.15, 0.2) is 0 Å². The second-order valence-corrected chi connectivity index (χ2v) is 3.12. The van der Waals surface area contributed by atoms with Gasteiger partial charge in [-0.25, -0.2) is 0 Å². The number of hydrogen-bond acceptors (Lipinski definition) is 3. The lowest BCUT2D eigenvalue weighted by Crippen LogP contribution is -2.33. The molecular formula is C7H14N2S2. The minimum absolute atomic E-state index is 0.801. The number of nitrogens with zero attached hydrogens (tertiary/aromatic N) is 2. The second-order valence-electron chi connectivity index (χ2n) is 2.44. The maximum atomic E-state index is 5.10. The van der Waals surface area contributed by atoms with Crippen LogP contribution in [0.5, 0.6) is 0 Å². The highest BCUT2D eigenvalue weighted by Gasteiger charge is 2.02. The molecule has 0 N–H and O–H groups in total. The predicted octanol–water partition coefficient (Wildman–Crippen LogP) is 1.15. The van der Waals surface area contributed by atoms with Crippen molar-refractivity contribution in [1.29, 1.82) is 0 Å². The molecular weight excluding hydrogens is 176 g/mol. The fourth-order valence-electron chi connectivity index (χ4n) is 0.513. The number of thiocarbonyl (C=S) groups is 2. The zero-order chi connectivity index (χ0) is 8.85. The molecule has 64 valence electrons. The molecule has 0 saturated carbocycles. The third-order valence-electron chi connectivity index (χ3n) is 1.50. The number of likely N-dealkylation sites (N-methyl/N-ethyl adjacent to an activating group) is 2. The Balaban J connectivity index is 3.77. The normalized spacial score (nSPS) is 9.82. The minimum Gasteiger partial charge on any atom is -0.335 e. The van der Waals surface area contributed by atoms with Crippen LogP contribution in [0.1, 0.15) is 6.92 Å². The van der Waals surface area contributed by atoms with E-state index in [0.717, 1.165) is 18.1 Å². The average Bonchev–Trinajstić information content (AvgIpc) is 2.02. The van der Waals surface area contributed by atoms with Gasteiger partial charge >= 0.3 is 0 Å². The van der Waals surface area contributed by atoms with Crippen molar-refractivity contribution >= 4 is 34.9 Å². The van der Waals surface area contributed by atoms with E-state index in [4.69, 9.17) is 24.4 Å². The van der Waals surface area contributed by atoms with Gasteiger partial charge < -0.3 is 9.80 Å². The van der Waals surface area contributed by atoms with E-state index in [2.05, 4.69) is 11.8 Å². The molecule has 0 aromatic carbocycles. The van der Waals surface area contributed by atoms with Gasteiger partial charge in [0.2, 0.25) is 0 Å². The van der Waals surface area contributed by atoms with Crippen LogP contribution in [0.4, 0.5) is 0 Å². The molecule has 0 aliphatic carbocycles. The van der Waals surface area contributed by atoms with E-state index in [-0.39, 0.29) is 0 Å². The summed E-state index contributed by atoms with van der Waals surface area (Å²) in [5.41, 5.74) is 1.56. The lowest BCUT2D eigenvalue weighted by Gasteiger charge is -2.19. The summed E-state index contributed by atoms with van der Waals surface area (Å²) >= 11 is 9.84. The van der Waals surface area contributed by atoms with Crippen LogP contribution in [0.25, 0.3) is 0 Å². The smallest absolute Gasteiger partial charge is 0.0965 e. The summed E-state index contributed by atoms with van der Waals surface area (Å²) in [6, 6.07) is 0. The van der Waals surface area contributed by atoms with Crippen LogP contribution in [-0.4, -0.2) is 47.5 Å². The minimum atomic E-state index is 0.801. The summed E-state index contributed by atoms with van der Waals surface area (Å²) in [4.78, 5) is 4.79. The fraction of sp³-hybridized carbons (Fsp3) is 0.714. The van der Waals surface area contributed by atoms with Crippen LogP contribution in [-0.2, 0) is 0 Å². The monoisotopic (exact) mass is 190 g/mol. The second kappa shape index (κ2) is 5.57. The van der Waals surface area contributed by atoms with E-state index < -0.39 is 0 Å². The van der Waals surface area contributed by atoms with Gasteiger partial charge in [0.05, 0.1) is 10.5 Å². The molecule has 0 amide bonds. The van der Waals surface area contributed by atoms with Crippen molar-refractivity contribution in [2.45, 2.75) is 6.92 Å². The third-order valence-corrected chi connectivity index (χ3v) is 2.23. The van der Waals surface area contributed by atoms with Crippen molar-refractivity contribution in [3.8, 4) is 0 Å². The van der Waals surface area contributed by atoms with Gasteiger partial charge in [-0.05, 0) is 13.6 Å². The molecule has 0 atom stereocenters. The molecule has 0 aromatic rings. The van der Waals surface area contributed by atoms with E-state index in [1.807, 2.05) is 14.1 Å². The number of rotatable bonds is 4. The summed E-state index contributed by atoms with van der Waals surface area (Å²) in [6.07, 6.45) is 0. The van der Waals surface area contributed by atoms with Crippen LogP contribution in [0.2, 0.25) is 0 Å². The Bertz CT molecular complexity index is 147. The SMILES string of the molecule is CCN(C)CC(=S)N(C)C=S. The lowest BCUT2D eigenvalue weighted by molar-refractivity contribution is 0.397. The molecule has 0 heterocycles. The summed E-state index contributed by atoms with van der Waals surface area (Å²) < 4.78 is 0.